The summed E-state index contributed by atoms with van der Waals surface area (Å²) in [6.45, 7) is 4.41. The monoisotopic (exact) mass is 283 g/mol. The molecule has 1 heterocycles. The second-order valence-corrected chi connectivity index (χ2v) is 6.55. The average Bonchev–Trinajstić information content (AvgIpc) is 2.53. The molecule has 0 unspecified atom stereocenters. The number of pyridine rings is 1. The average molecular weight is 283 g/mol. The molecule has 1 N–H and O–H groups in total. The van der Waals surface area contributed by atoms with Crippen LogP contribution in [0.5, 0.6) is 0 Å². The first-order valence-electron chi connectivity index (χ1n) is 8.26. The Morgan fingerprint density at radius 1 is 1.14 bits per heavy atom. The summed E-state index contributed by atoms with van der Waals surface area (Å²) in [5.74, 6) is 0.497. The number of rotatable bonds is 3. The summed E-state index contributed by atoms with van der Waals surface area (Å²) in [6, 6.07) is 10.6. The van der Waals surface area contributed by atoms with E-state index < -0.39 is 5.60 Å². The predicted octanol–water partition coefficient (Wildman–Crippen LogP) is 4.90. The molecule has 1 aliphatic carbocycles. The molecule has 1 aromatic carbocycles. The van der Waals surface area contributed by atoms with Gasteiger partial charge in [0.25, 0.3) is 0 Å². The van der Waals surface area contributed by atoms with Crippen molar-refractivity contribution in [1.29, 1.82) is 0 Å². The summed E-state index contributed by atoms with van der Waals surface area (Å²) >= 11 is 0. The van der Waals surface area contributed by atoms with Gasteiger partial charge >= 0.3 is 0 Å². The lowest BCUT2D eigenvalue weighted by Gasteiger charge is -2.32. The Labute approximate surface area is 127 Å². The van der Waals surface area contributed by atoms with Gasteiger partial charge in [-0.1, -0.05) is 45.2 Å². The molecule has 2 heteroatoms. The lowest BCUT2D eigenvalue weighted by atomic mass is 9.79. The van der Waals surface area contributed by atoms with E-state index in [-0.39, 0.29) is 0 Å². The fourth-order valence-electron chi connectivity index (χ4n) is 3.34. The van der Waals surface area contributed by atoms with Gasteiger partial charge in [0.1, 0.15) is 0 Å². The number of hydrogen-bond donors (Lipinski definition) is 1. The van der Waals surface area contributed by atoms with Crippen molar-refractivity contribution < 1.29 is 5.11 Å². The second kappa shape index (κ2) is 5.76. The lowest BCUT2D eigenvalue weighted by Crippen LogP contribution is -2.28. The number of aromatic nitrogens is 1. The Morgan fingerprint density at radius 3 is 2.62 bits per heavy atom. The Kier molecular flexibility index (Phi) is 3.99. The Hall–Kier alpha value is -1.41. The van der Waals surface area contributed by atoms with Crippen LogP contribution in [0.25, 0.3) is 10.9 Å². The Balaban J connectivity index is 1.97. The number of fused-ring (bicyclic) bond motifs is 1. The van der Waals surface area contributed by atoms with Crippen LogP contribution >= 0.6 is 0 Å². The maximum absolute atomic E-state index is 10.9. The second-order valence-electron chi connectivity index (χ2n) is 6.55. The third-order valence-corrected chi connectivity index (χ3v) is 5.05. The zero-order chi connectivity index (χ0) is 14.9. The minimum atomic E-state index is -0.623. The zero-order valence-corrected chi connectivity index (χ0v) is 13.1. The summed E-state index contributed by atoms with van der Waals surface area (Å²) in [6.07, 6.45) is 6.37. The fraction of sp³-hybridized carbons (Fsp3) is 0.526. The van der Waals surface area contributed by atoms with Gasteiger partial charge in [-0.05, 0) is 48.9 Å². The van der Waals surface area contributed by atoms with Crippen LogP contribution in [0.4, 0.5) is 0 Å². The maximum atomic E-state index is 10.9. The largest absolute Gasteiger partial charge is 0.385 e. The normalized spacial score (nSPS) is 19.6. The molecule has 1 atom stereocenters. The van der Waals surface area contributed by atoms with E-state index >= 15 is 0 Å². The Morgan fingerprint density at radius 2 is 1.90 bits per heavy atom. The van der Waals surface area contributed by atoms with Crippen molar-refractivity contribution in [3.8, 4) is 0 Å². The summed E-state index contributed by atoms with van der Waals surface area (Å²) in [5, 5.41) is 12.0. The first-order chi connectivity index (χ1) is 10.1. The summed E-state index contributed by atoms with van der Waals surface area (Å²) in [5.41, 5.74) is 2.64. The molecule has 0 radical (unpaired) electrons. The lowest BCUT2D eigenvalue weighted by molar-refractivity contribution is -0.000509. The van der Waals surface area contributed by atoms with Crippen LogP contribution in [0.3, 0.4) is 0 Å². The van der Waals surface area contributed by atoms with Gasteiger partial charge in [-0.25, -0.2) is 0 Å². The minimum absolute atomic E-state index is 0.497. The summed E-state index contributed by atoms with van der Waals surface area (Å²) < 4.78 is 0. The predicted molar refractivity (Wildman–Crippen MR) is 87.4 cm³/mol. The molecule has 1 fully saturated rings. The van der Waals surface area contributed by atoms with E-state index in [1.807, 2.05) is 0 Å². The molecule has 0 saturated heterocycles. The molecule has 2 nitrogen and oxygen atoms in total. The van der Waals surface area contributed by atoms with Gasteiger partial charge in [-0.15, -0.1) is 0 Å². The fourth-order valence-corrected chi connectivity index (χ4v) is 3.34. The van der Waals surface area contributed by atoms with Crippen molar-refractivity contribution in [2.24, 2.45) is 0 Å². The summed E-state index contributed by atoms with van der Waals surface area (Å²) in [7, 11) is 0. The molecule has 21 heavy (non-hydrogen) atoms. The van der Waals surface area contributed by atoms with E-state index in [9.17, 15) is 5.11 Å². The molecule has 1 aromatic heterocycles. The molecular weight excluding hydrogens is 258 g/mol. The smallest absolute Gasteiger partial charge is 0.0896 e. The SMILES string of the molecule is CC[C@H](C)c1ccc2cc(C3(O)CCCCC3)ccc2n1. The van der Waals surface area contributed by atoms with Crippen molar-refractivity contribution in [3.05, 3.63) is 41.6 Å². The minimum Gasteiger partial charge on any atom is -0.385 e. The van der Waals surface area contributed by atoms with Crippen molar-refractivity contribution in [2.45, 2.75) is 63.9 Å². The van der Waals surface area contributed by atoms with Crippen LogP contribution in [0.15, 0.2) is 30.3 Å². The van der Waals surface area contributed by atoms with Gasteiger partial charge in [0.15, 0.2) is 0 Å². The quantitative estimate of drug-likeness (QED) is 0.869. The highest BCUT2D eigenvalue weighted by Gasteiger charge is 2.31. The van der Waals surface area contributed by atoms with Crippen molar-refractivity contribution in [3.63, 3.8) is 0 Å². The van der Waals surface area contributed by atoms with Crippen LogP contribution in [-0.4, -0.2) is 10.1 Å². The van der Waals surface area contributed by atoms with Crippen molar-refractivity contribution in [1.82, 2.24) is 4.98 Å². The van der Waals surface area contributed by atoms with Gasteiger partial charge in [-0.2, -0.15) is 0 Å². The molecule has 0 aliphatic heterocycles. The molecule has 0 amide bonds. The van der Waals surface area contributed by atoms with Crippen LogP contribution in [0, 0.1) is 0 Å². The van der Waals surface area contributed by atoms with Crippen LogP contribution in [-0.2, 0) is 5.60 Å². The zero-order valence-electron chi connectivity index (χ0n) is 13.1. The van der Waals surface area contributed by atoms with Crippen molar-refractivity contribution >= 4 is 10.9 Å². The number of aliphatic hydroxyl groups is 1. The highest BCUT2D eigenvalue weighted by Crippen LogP contribution is 2.37. The van der Waals surface area contributed by atoms with Gasteiger partial charge < -0.3 is 5.11 Å². The molecule has 2 aromatic rings. The van der Waals surface area contributed by atoms with E-state index in [2.05, 4.69) is 44.2 Å². The third-order valence-electron chi connectivity index (χ3n) is 5.05. The van der Waals surface area contributed by atoms with Crippen LogP contribution in [0.1, 0.15) is 69.5 Å². The highest BCUT2D eigenvalue weighted by atomic mass is 16.3. The van der Waals surface area contributed by atoms with E-state index in [0.29, 0.717) is 5.92 Å². The van der Waals surface area contributed by atoms with E-state index in [0.717, 1.165) is 54.3 Å². The summed E-state index contributed by atoms with van der Waals surface area (Å²) in [4.78, 5) is 4.77. The van der Waals surface area contributed by atoms with Gasteiger partial charge in [0, 0.05) is 11.1 Å². The number of benzene rings is 1. The molecule has 1 aliphatic rings. The first kappa shape index (κ1) is 14.5. The molecular formula is C19H25NO. The first-order valence-corrected chi connectivity index (χ1v) is 8.26. The van der Waals surface area contributed by atoms with Crippen LogP contribution in [0.2, 0.25) is 0 Å². The van der Waals surface area contributed by atoms with Crippen molar-refractivity contribution in [2.75, 3.05) is 0 Å². The number of hydrogen-bond acceptors (Lipinski definition) is 2. The van der Waals surface area contributed by atoms with Gasteiger partial charge in [0.05, 0.1) is 11.1 Å². The molecule has 3 rings (SSSR count). The van der Waals surface area contributed by atoms with E-state index in [1.165, 1.54) is 6.42 Å². The Bertz CT molecular complexity index is 628. The van der Waals surface area contributed by atoms with E-state index in [1.54, 1.807) is 0 Å². The molecule has 112 valence electrons. The number of nitrogens with zero attached hydrogens (tertiary/aromatic N) is 1. The third kappa shape index (κ3) is 2.82. The highest BCUT2D eigenvalue weighted by molar-refractivity contribution is 5.79. The molecule has 1 saturated carbocycles. The maximum Gasteiger partial charge on any atom is 0.0896 e. The van der Waals surface area contributed by atoms with E-state index in [4.69, 9.17) is 4.98 Å². The van der Waals surface area contributed by atoms with Crippen LogP contribution < -0.4 is 0 Å². The molecule has 0 bridgehead atoms. The van der Waals surface area contributed by atoms with Gasteiger partial charge in [-0.3, -0.25) is 4.98 Å². The topological polar surface area (TPSA) is 33.1 Å². The standard InChI is InChI=1S/C19H25NO/c1-3-14(2)17-9-7-15-13-16(8-10-18(15)20-17)19(21)11-5-4-6-12-19/h7-10,13-14,21H,3-6,11-12H2,1-2H3/t14-/m0/s1. The molecule has 0 spiro atoms. The van der Waals surface area contributed by atoms with Gasteiger partial charge in [0.2, 0.25) is 0 Å².